The van der Waals surface area contributed by atoms with Crippen LogP contribution in [0.25, 0.3) is 0 Å². The maximum absolute atomic E-state index is 6.20. The van der Waals surface area contributed by atoms with Gasteiger partial charge in [0.25, 0.3) is 0 Å². The van der Waals surface area contributed by atoms with Gasteiger partial charge in [0.1, 0.15) is 11.5 Å². The summed E-state index contributed by atoms with van der Waals surface area (Å²) in [5.41, 5.74) is 1.80. The molecule has 3 rings (SSSR count). The van der Waals surface area contributed by atoms with E-state index in [4.69, 9.17) is 55.3 Å². The highest BCUT2D eigenvalue weighted by Gasteiger charge is 2.25. The van der Waals surface area contributed by atoms with Crippen LogP contribution in [0, 0.1) is 0 Å². The van der Waals surface area contributed by atoms with Crippen LogP contribution in [-0.2, 0) is 18.2 Å². The Morgan fingerprint density at radius 3 is 1.80 bits per heavy atom. The van der Waals surface area contributed by atoms with Gasteiger partial charge in [0, 0.05) is 39.4 Å². The lowest BCUT2D eigenvalue weighted by Crippen LogP contribution is -2.04. The summed E-state index contributed by atoms with van der Waals surface area (Å²) < 4.78 is 11.3. The van der Waals surface area contributed by atoms with Crippen molar-refractivity contribution >= 4 is 52.1 Å². The molecule has 0 atom stereocenters. The first-order valence-electron chi connectivity index (χ1n) is 5.69. The van der Waals surface area contributed by atoms with Gasteiger partial charge in [0.2, 0.25) is 0 Å². The van der Waals surface area contributed by atoms with Gasteiger partial charge in [0.15, 0.2) is 0 Å². The monoisotopic (exact) mass is 364 g/mol. The largest absolute Gasteiger partial charge is 0.424 e. The molecule has 20 heavy (non-hydrogen) atoms. The minimum atomic E-state index is -2.93. The Balaban J connectivity index is 2.18. The zero-order valence-corrected chi connectivity index (χ0v) is 14.0. The summed E-state index contributed by atoms with van der Waals surface area (Å²) in [4.78, 5) is 0. The molecular formula is C13H8Cl3O2PS. The van der Waals surface area contributed by atoms with Gasteiger partial charge in [-0.15, -0.1) is 0 Å². The van der Waals surface area contributed by atoms with E-state index >= 15 is 0 Å². The average molecular weight is 366 g/mol. The maximum atomic E-state index is 6.20. The first-order chi connectivity index (χ1) is 9.43. The fraction of sp³-hybridized carbons (Fsp3) is 0.0769. The summed E-state index contributed by atoms with van der Waals surface area (Å²) in [6.45, 7) is 0. The van der Waals surface area contributed by atoms with E-state index in [9.17, 15) is 0 Å². The van der Waals surface area contributed by atoms with Crippen LogP contribution < -0.4 is 9.05 Å². The predicted molar refractivity (Wildman–Crippen MR) is 87.1 cm³/mol. The summed E-state index contributed by atoms with van der Waals surface area (Å²) in [7, 11) is 0. The van der Waals surface area contributed by atoms with E-state index < -0.39 is 5.84 Å². The molecule has 0 N–H and O–H groups in total. The third-order valence-electron chi connectivity index (χ3n) is 2.84. The fourth-order valence-electron chi connectivity index (χ4n) is 2.01. The van der Waals surface area contributed by atoms with Crippen LogP contribution >= 0.6 is 40.3 Å². The quantitative estimate of drug-likeness (QED) is 0.548. The van der Waals surface area contributed by atoms with Crippen LogP contribution in [0.5, 0.6) is 11.5 Å². The molecule has 1 heterocycles. The molecule has 0 saturated heterocycles. The van der Waals surface area contributed by atoms with Gasteiger partial charge in [0.05, 0.1) is 0 Å². The van der Waals surface area contributed by atoms with Crippen molar-refractivity contribution in [3.63, 3.8) is 0 Å². The third kappa shape index (κ3) is 3.08. The van der Waals surface area contributed by atoms with Gasteiger partial charge in [-0.25, -0.2) is 0 Å². The Labute approximate surface area is 136 Å². The van der Waals surface area contributed by atoms with E-state index in [0.717, 1.165) is 11.1 Å². The lowest BCUT2D eigenvalue weighted by Gasteiger charge is -2.24. The molecule has 1 aliphatic heterocycles. The van der Waals surface area contributed by atoms with Crippen LogP contribution in [0.15, 0.2) is 36.4 Å². The Bertz CT molecular complexity index is 678. The lowest BCUT2D eigenvalue weighted by molar-refractivity contribution is 0.491. The van der Waals surface area contributed by atoms with Crippen LogP contribution in [-0.4, -0.2) is 0 Å². The molecule has 104 valence electrons. The van der Waals surface area contributed by atoms with E-state index in [1.165, 1.54) is 0 Å². The molecule has 0 unspecified atom stereocenters. The van der Waals surface area contributed by atoms with Crippen molar-refractivity contribution in [2.24, 2.45) is 0 Å². The second-order valence-corrected chi connectivity index (χ2v) is 9.77. The summed E-state index contributed by atoms with van der Waals surface area (Å²) in [6, 6.07) is 10.6. The van der Waals surface area contributed by atoms with Crippen LogP contribution in [0.4, 0.5) is 0 Å². The van der Waals surface area contributed by atoms with Crippen molar-refractivity contribution in [3.8, 4) is 11.5 Å². The Kier molecular flexibility index (Phi) is 3.91. The molecular weight excluding hydrogens is 358 g/mol. The highest BCUT2D eigenvalue weighted by atomic mass is 35.7. The molecule has 1 aliphatic rings. The minimum absolute atomic E-state index is 0.581. The Hall–Kier alpha value is -0.440. The first-order valence-corrected chi connectivity index (χ1v) is 9.99. The second kappa shape index (κ2) is 5.40. The predicted octanol–water partition coefficient (Wildman–Crippen LogP) is 5.82. The maximum Gasteiger partial charge on any atom is 0.384 e. The molecule has 0 amide bonds. The molecule has 0 spiro atoms. The SMILES string of the molecule is S=P1(Cl)Oc2ccc(Cl)cc2Cc2cc(Cl)ccc2O1. The summed E-state index contributed by atoms with van der Waals surface area (Å²) >= 11 is 23.5. The van der Waals surface area contributed by atoms with Gasteiger partial charge < -0.3 is 9.05 Å². The van der Waals surface area contributed by atoms with Crippen molar-refractivity contribution in [2.75, 3.05) is 0 Å². The van der Waals surface area contributed by atoms with E-state index in [-0.39, 0.29) is 0 Å². The zero-order chi connectivity index (χ0) is 14.3. The van der Waals surface area contributed by atoms with Crippen LogP contribution in [0.1, 0.15) is 11.1 Å². The van der Waals surface area contributed by atoms with Crippen molar-refractivity contribution in [1.82, 2.24) is 0 Å². The first kappa shape index (κ1) is 14.5. The number of benzene rings is 2. The van der Waals surface area contributed by atoms with E-state index in [2.05, 4.69) is 0 Å². The summed E-state index contributed by atoms with van der Waals surface area (Å²) in [5, 5.41) is 1.25. The third-order valence-corrected chi connectivity index (χ3v) is 5.00. The van der Waals surface area contributed by atoms with Gasteiger partial charge in [-0.1, -0.05) is 23.2 Å². The molecule has 0 aliphatic carbocycles. The van der Waals surface area contributed by atoms with Crippen LogP contribution in [0.3, 0.4) is 0 Å². The molecule has 0 saturated carbocycles. The summed E-state index contributed by atoms with van der Waals surface area (Å²) in [5.74, 6) is -1.74. The highest BCUT2D eigenvalue weighted by molar-refractivity contribution is 8.22. The minimum Gasteiger partial charge on any atom is -0.424 e. The number of halogens is 3. The number of hydrogen-bond donors (Lipinski definition) is 0. The average Bonchev–Trinajstić information content (AvgIpc) is 2.34. The van der Waals surface area contributed by atoms with Crippen molar-refractivity contribution in [3.05, 3.63) is 57.6 Å². The van der Waals surface area contributed by atoms with E-state index in [1.807, 2.05) is 12.1 Å². The normalized spacial score (nSPS) is 15.9. The smallest absolute Gasteiger partial charge is 0.384 e. The number of fused-ring (bicyclic) bond motifs is 2. The molecule has 7 heteroatoms. The molecule has 2 aromatic rings. The standard InChI is InChI=1S/C13H8Cl3O2PS/c14-10-1-3-12-8(6-10)5-9-7-11(15)2-4-13(9)18-19(16,20)17-12/h1-4,6-7H,5H2. The fourth-order valence-corrected chi connectivity index (χ4v) is 4.19. The second-order valence-electron chi connectivity index (χ2n) is 4.29. The summed E-state index contributed by atoms with van der Waals surface area (Å²) in [6.07, 6.45) is 0.581. The van der Waals surface area contributed by atoms with Gasteiger partial charge in [-0.2, -0.15) is 0 Å². The molecule has 0 radical (unpaired) electrons. The molecule has 0 bridgehead atoms. The molecule has 2 aromatic carbocycles. The van der Waals surface area contributed by atoms with Crippen molar-refractivity contribution in [2.45, 2.75) is 6.42 Å². The number of rotatable bonds is 0. The van der Waals surface area contributed by atoms with Crippen molar-refractivity contribution < 1.29 is 9.05 Å². The molecule has 2 nitrogen and oxygen atoms in total. The highest BCUT2D eigenvalue weighted by Crippen LogP contribution is 2.56. The van der Waals surface area contributed by atoms with Gasteiger partial charge >= 0.3 is 5.84 Å². The molecule has 0 fully saturated rings. The van der Waals surface area contributed by atoms with E-state index in [1.54, 1.807) is 24.3 Å². The Morgan fingerprint density at radius 1 is 0.900 bits per heavy atom. The molecule has 0 aromatic heterocycles. The lowest BCUT2D eigenvalue weighted by atomic mass is 10.0. The van der Waals surface area contributed by atoms with Gasteiger partial charge in [-0.05, 0) is 47.6 Å². The van der Waals surface area contributed by atoms with Crippen molar-refractivity contribution in [1.29, 1.82) is 0 Å². The topological polar surface area (TPSA) is 18.5 Å². The van der Waals surface area contributed by atoms with E-state index in [0.29, 0.717) is 28.0 Å². The Morgan fingerprint density at radius 2 is 1.35 bits per heavy atom. The van der Waals surface area contributed by atoms with Crippen LogP contribution in [0.2, 0.25) is 10.0 Å². The number of hydrogen-bond acceptors (Lipinski definition) is 3. The zero-order valence-electron chi connectivity index (χ0n) is 9.98. The van der Waals surface area contributed by atoms with Gasteiger partial charge in [-0.3, -0.25) is 0 Å².